The van der Waals surface area contributed by atoms with E-state index < -0.39 is 11.6 Å². The molecule has 1 aromatic carbocycles. The van der Waals surface area contributed by atoms with E-state index in [1.165, 1.54) is 57.1 Å². The van der Waals surface area contributed by atoms with E-state index in [0.29, 0.717) is 5.92 Å². The molecular weight excluding hydrogens is 290 g/mol. The van der Waals surface area contributed by atoms with Crippen molar-refractivity contribution >= 4 is 0 Å². The van der Waals surface area contributed by atoms with Gasteiger partial charge in [-0.25, -0.2) is 8.78 Å². The second-order valence-electron chi connectivity index (χ2n) is 7.59. The normalized spacial score (nSPS) is 31.7. The highest BCUT2D eigenvalue weighted by Gasteiger charge is 2.31. The lowest BCUT2D eigenvalue weighted by Gasteiger charge is -2.38. The van der Waals surface area contributed by atoms with Crippen molar-refractivity contribution in [3.05, 3.63) is 48.1 Å². The molecule has 0 atom stereocenters. The average Bonchev–Trinajstić information content (AvgIpc) is 2.59. The fourth-order valence-corrected chi connectivity index (χ4v) is 4.82. The zero-order valence-corrected chi connectivity index (χ0v) is 13.9. The molecule has 0 aromatic heterocycles. The van der Waals surface area contributed by atoms with Crippen LogP contribution in [0.4, 0.5) is 8.78 Å². The summed E-state index contributed by atoms with van der Waals surface area (Å²) in [5.74, 6) is 1.58. The number of allylic oxidation sites excluding steroid dienone is 1. The maximum absolute atomic E-state index is 13.4. The van der Waals surface area contributed by atoms with E-state index in [9.17, 15) is 8.78 Å². The SMILES string of the molecule is C=CC[C@H]1CC[C@H]([C@H]2CC[C@H](c3ccc(F)c(F)c3)CC2)CC1. The minimum absolute atomic E-state index is 0.415. The fraction of sp³-hybridized carbons (Fsp3) is 0.619. The standard InChI is InChI=1S/C21H28F2/c1-2-3-15-4-6-16(7-5-15)17-8-10-18(11-9-17)19-12-13-20(22)21(23)14-19/h2,12-18H,1,3-11H2/t15-,16-,17-,18-. The molecule has 126 valence electrons. The van der Waals surface area contributed by atoms with E-state index in [4.69, 9.17) is 0 Å². The molecule has 0 radical (unpaired) electrons. The third-order valence-corrected chi connectivity index (χ3v) is 6.24. The van der Waals surface area contributed by atoms with Crippen LogP contribution in [0.5, 0.6) is 0 Å². The molecule has 2 aliphatic rings. The molecular formula is C21H28F2. The van der Waals surface area contributed by atoms with E-state index in [1.807, 2.05) is 0 Å². The van der Waals surface area contributed by atoms with Crippen molar-refractivity contribution in [1.29, 1.82) is 0 Å². The van der Waals surface area contributed by atoms with Gasteiger partial charge in [0.15, 0.2) is 11.6 Å². The van der Waals surface area contributed by atoms with E-state index in [-0.39, 0.29) is 0 Å². The van der Waals surface area contributed by atoms with Crippen molar-refractivity contribution in [2.24, 2.45) is 17.8 Å². The van der Waals surface area contributed by atoms with Gasteiger partial charge in [-0.1, -0.05) is 12.1 Å². The Morgan fingerprint density at radius 3 is 2.04 bits per heavy atom. The van der Waals surface area contributed by atoms with Crippen molar-refractivity contribution in [3.63, 3.8) is 0 Å². The van der Waals surface area contributed by atoms with Crippen LogP contribution < -0.4 is 0 Å². The van der Waals surface area contributed by atoms with Gasteiger partial charge >= 0.3 is 0 Å². The summed E-state index contributed by atoms with van der Waals surface area (Å²) in [5.41, 5.74) is 0.983. The van der Waals surface area contributed by atoms with Crippen LogP contribution in [0.2, 0.25) is 0 Å². The summed E-state index contributed by atoms with van der Waals surface area (Å²) < 4.78 is 26.5. The maximum Gasteiger partial charge on any atom is 0.159 e. The molecule has 3 rings (SSSR count). The lowest BCUT2D eigenvalue weighted by Crippen LogP contribution is -2.25. The minimum Gasteiger partial charge on any atom is -0.204 e. The van der Waals surface area contributed by atoms with E-state index in [0.717, 1.165) is 36.2 Å². The molecule has 0 nitrogen and oxygen atoms in total. The van der Waals surface area contributed by atoms with Gasteiger partial charge in [0.25, 0.3) is 0 Å². The van der Waals surface area contributed by atoms with Crippen molar-refractivity contribution < 1.29 is 8.78 Å². The lowest BCUT2D eigenvalue weighted by molar-refractivity contribution is 0.160. The average molecular weight is 318 g/mol. The first-order valence-corrected chi connectivity index (χ1v) is 9.23. The summed E-state index contributed by atoms with van der Waals surface area (Å²) in [6, 6.07) is 4.45. The summed E-state index contributed by atoms with van der Waals surface area (Å²) in [7, 11) is 0. The van der Waals surface area contributed by atoms with Crippen molar-refractivity contribution in [2.45, 2.75) is 63.7 Å². The van der Waals surface area contributed by atoms with Gasteiger partial charge in [-0.15, -0.1) is 6.58 Å². The second-order valence-corrected chi connectivity index (χ2v) is 7.59. The monoisotopic (exact) mass is 318 g/mol. The first kappa shape index (κ1) is 16.7. The summed E-state index contributed by atoms with van der Waals surface area (Å²) in [5, 5.41) is 0. The third kappa shape index (κ3) is 4.02. The molecule has 0 spiro atoms. The Morgan fingerprint density at radius 1 is 0.870 bits per heavy atom. The number of rotatable bonds is 4. The van der Waals surface area contributed by atoms with Gasteiger partial charge in [-0.2, -0.15) is 0 Å². The van der Waals surface area contributed by atoms with E-state index in [2.05, 4.69) is 12.7 Å². The summed E-state index contributed by atoms with van der Waals surface area (Å²) in [4.78, 5) is 0. The Bertz CT molecular complexity index is 521. The molecule has 23 heavy (non-hydrogen) atoms. The Morgan fingerprint density at radius 2 is 1.48 bits per heavy atom. The number of benzene rings is 1. The predicted octanol–water partition coefficient (Wildman–Crippen LogP) is 6.62. The lowest BCUT2D eigenvalue weighted by atomic mass is 9.68. The van der Waals surface area contributed by atoms with Gasteiger partial charge in [-0.3, -0.25) is 0 Å². The highest BCUT2D eigenvalue weighted by molar-refractivity contribution is 5.22. The van der Waals surface area contributed by atoms with Crippen molar-refractivity contribution in [1.82, 2.24) is 0 Å². The first-order valence-electron chi connectivity index (χ1n) is 9.23. The number of hydrogen-bond donors (Lipinski definition) is 0. The van der Waals surface area contributed by atoms with Crippen LogP contribution in [0.15, 0.2) is 30.9 Å². The smallest absolute Gasteiger partial charge is 0.159 e. The Labute approximate surface area is 139 Å². The molecule has 2 fully saturated rings. The molecule has 0 aliphatic heterocycles. The molecule has 0 heterocycles. The van der Waals surface area contributed by atoms with Gasteiger partial charge in [-0.05, 0) is 99.2 Å². The second kappa shape index (κ2) is 7.59. The zero-order valence-electron chi connectivity index (χ0n) is 13.9. The van der Waals surface area contributed by atoms with Crippen LogP contribution in [-0.4, -0.2) is 0 Å². The molecule has 0 unspecified atom stereocenters. The topological polar surface area (TPSA) is 0 Å². The molecule has 2 aliphatic carbocycles. The Hall–Kier alpha value is -1.18. The Kier molecular flexibility index (Phi) is 5.50. The van der Waals surface area contributed by atoms with Crippen LogP contribution in [0, 0.1) is 29.4 Å². The molecule has 0 saturated heterocycles. The summed E-state index contributed by atoms with van der Waals surface area (Å²) in [6.07, 6.45) is 13.5. The summed E-state index contributed by atoms with van der Waals surface area (Å²) >= 11 is 0. The van der Waals surface area contributed by atoms with E-state index in [1.54, 1.807) is 6.07 Å². The Balaban J connectivity index is 1.50. The molecule has 2 heteroatoms. The fourth-order valence-electron chi connectivity index (χ4n) is 4.82. The van der Waals surface area contributed by atoms with Gasteiger partial charge in [0.2, 0.25) is 0 Å². The quantitative estimate of drug-likeness (QED) is 0.547. The van der Waals surface area contributed by atoms with Gasteiger partial charge < -0.3 is 0 Å². The molecule has 0 amide bonds. The number of halogens is 2. The van der Waals surface area contributed by atoms with Crippen LogP contribution in [0.25, 0.3) is 0 Å². The van der Waals surface area contributed by atoms with Gasteiger partial charge in [0, 0.05) is 0 Å². The third-order valence-electron chi connectivity index (χ3n) is 6.24. The van der Waals surface area contributed by atoms with Gasteiger partial charge in [0.05, 0.1) is 0 Å². The minimum atomic E-state index is -0.737. The van der Waals surface area contributed by atoms with Crippen molar-refractivity contribution in [3.8, 4) is 0 Å². The van der Waals surface area contributed by atoms with Crippen LogP contribution in [-0.2, 0) is 0 Å². The van der Waals surface area contributed by atoms with Crippen LogP contribution in [0.1, 0.15) is 69.3 Å². The van der Waals surface area contributed by atoms with Crippen LogP contribution >= 0.6 is 0 Å². The summed E-state index contributed by atoms with van der Waals surface area (Å²) in [6.45, 7) is 3.86. The zero-order chi connectivity index (χ0) is 16.2. The maximum atomic E-state index is 13.4. The van der Waals surface area contributed by atoms with Crippen LogP contribution in [0.3, 0.4) is 0 Å². The first-order chi connectivity index (χ1) is 11.2. The highest BCUT2D eigenvalue weighted by Crippen LogP contribution is 2.44. The predicted molar refractivity (Wildman–Crippen MR) is 91.3 cm³/mol. The van der Waals surface area contributed by atoms with E-state index >= 15 is 0 Å². The van der Waals surface area contributed by atoms with Crippen molar-refractivity contribution in [2.75, 3.05) is 0 Å². The molecule has 0 bridgehead atoms. The molecule has 2 saturated carbocycles. The molecule has 0 N–H and O–H groups in total. The largest absolute Gasteiger partial charge is 0.204 e. The number of hydrogen-bond acceptors (Lipinski definition) is 0. The van der Waals surface area contributed by atoms with Gasteiger partial charge in [0.1, 0.15) is 0 Å². The molecule has 1 aromatic rings. The highest BCUT2D eigenvalue weighted by atomic mass is 19.2.